The van der Waals surface area contributed by atoms with E-state index in [0.717, 1.165) is 29.8 Å². The predicted octanol–water partition coefficient (Wildman–Crippen LogP) is 2.83. The van der Waals surface area contributed by atoms with E-state index in [1.807, 2.05) is 18.2 Å². The Bertz CT molecular complexity index is 999. The monoisotopic (exact) mass is 370 g/mol. The van der Waals surface area contributed by atoms with E-state index >= 15 is 0 Å². The van der Waals surface area contributed by atoms with Crippen LogP contribution in [0, 0.1) is 0 Å². The molecule has 136 valence electrons. The van der Waals surface area contributed by atoms with Crippen molar-refractivity contribution in [1.29, 1.82) is 0 Å². The first-order valence-corrected chi connectivity index (χ1v) is 9.91. The van der Waals surface area contributed by atoms with E-state index in [9.17, 15) is 8.42 Å². The number of nitrogens with one attached hydrogen (secondary N) is 1. The SMILES string of the molecule is COc1ccc2ccccc2c1CNCCc1ccc(S(N)(=O)=O)cc1. The molecule has 0 radical (unpaired) electrons. The molecule has 3 rings (SSSR count). The van der Waals surface area contributed by atoms with Gasteiger partial charge in [-0.2, -0.15) is 0 Å². The fraction of sp³-hybridized carbons (Fsp3) is 0.200. The van der Waals surface area contributed by atoms with Crippen LogP contribution in [-0.2, 0) is 23.0 Å². The van der Waals surface area contributed by atoms with Gasteiger partial charge in [-0.1, -0.05) is 42.5 Å². The van der Waals surface area contributed by atoms with E-state index in [2.05, 4.69) is 23.5 Å². The third-order valence-corrected chi connectivity index (χ3v) is 5.29. The summed E-state index contributed by atoms with van der Waals surface area (Å²) in [6.45, 7) is 1.46. The molecule has 0 spiro atoms. The summed E-state index contributed by atoms with van der Waals surface area (Å²) in [6.07, 6.45) is 0.790. The maximum atomic E-state index is 11.3. The summed E-state index contributed by atoms with van der Waals surface area (Å²) in [5, 5.41) is 10.9. The highest BCUT2D eigenvalue weighted by Gasteiger charge is 2.08. The number of rotatable bonds is 7. The molecule has 26 heavy (non-hydrogen) atoms. The number of hydrogen-bond acceptors (Lipinski definition) is 4. The summed E-state index contributed by atoms with van der Waals surface area (Å²) in [5.41, 5.74) is 2.19. The molecule has 0 aliphatic carbocycles. The second-order valence-electron chi connectivity index (χ2n) is 6.08. The van der Waals surface area contributed by atoms with Crippen LogP contribution >= 0.6 is 0 Å². The number of primary sulfonamides is 1. The average molecular weight is 370 g/mol. The highest BCUT2D eigenvalue weighted by molar-refractivity contribution is 7.89. The Morgan fingerprint density at radius 1 is 1.00 bits per heavy atom. The molecule has 0 aliphatic heterocycles. The van der Waals surface area contributed by atoms with Crippen LogP contribution < -0.4 is 15.2 Å². The second kappa shape index (κ2) is 7.86. The fourth-order valence-corrected chi connectivity index (χ4v) is 3.50. The van der Waals surface area contributed by atoms with Crippen molar-refractivity contribution in [1.82, 2.24) is 5.32 Å². The Morgan fingerprint density at radius 2 is 1.73 bits per heavy atom. The van der Waals surface area contributed by atoms with Gasteiger partial charge in [-0.15, -0.1) is 0 Å². The van der Waals surface area contributed by atoms with Crippen LogP contribution in [-0.4, -0.2) is 22.1 Å². The third kappa shape index (κ3) is 4.22. The van der Waals surface area contributed by atoms with Crippen molar-refractivity contribution in [3.63, 3.8) is 0 Å². The summed E-state index contributed by atoms with van der Waals surface area (Å²) in [5.74, 6) is 0.869. The predicted molar refractivity (Wildman–Crippen MR) is 104 cm³/mol. The molecule has 0 bridgehead atoms. The van der Waals surface area contributed by atoms with E-state index in [1.165, 1.54) is 10.8 Å². The van der Waals surface area contributed by atoms with Crippen molar-refractivity contribution in [2.24, 2.45) is 5.14 Å². The number of fused-ring (bicyclic) bond motifs is 1. The number of nitrogens with two attached hydrogens (primary N) is 1. The summed E-state index contributed by atoms with van der Waals surface area (Å²) >= 11 is 0. The largest absolute Gasteiger partial charge is 0.496 e. The van der Waals surface area contributed by atoms with Gasteiger partial charge in [0.05, 0.1) is 12.0 Å². The van der Waals surface area contributed by atoms with Crippen LogP contribution in [0.1, 0.15) is 11.1 Å². The number of benzene rings is 3. The van der Waals surface area contributed by atoms with Crippen molar-refractivity contribution < 1.29 is 13.2 Å². The van der Waals surface area contributed by atoms with Crippen LogP contribution in [0.25, 0.3) is 10.8 Å². The number of methoxy groups -OCH3 is 1. The molecule has 3 aromatic rings. The minimum atomic E-state index is -3.64. The molecule has 3 aromatic carbocycles. The van der Waals surface area contributed by atoms with E-state index in [-0.39, 0.29) is 4.90 Å². The van der Waals surface area contributed by atoms with Crippen molar-refractivity contribution >= 4 is 20.8 Å². The molecule has 0 atom stereocenters. The van der Waals surface area contributed by atoms with E-state index < -0.39 is 10.0 Å². The van der Waals surface area contributed by atoms with Crippen molar-refractivity contribution in [2.75, 3.05) is 13.7 Å². The Balaban J connectivity index is 1.64. The van der Waals surface area contributed by atoms with Gasteiger partial charge in [0, 0.05) is 12.1 Å². The lowest BCUT2D eigenvalue weighted by Gasteiger charge is -2.13. The van der Waals surface area contributed by atoms with Crippen LogP contribution in [0.3, 0.4) is 0 Å². The quantitative estimate of drug-likeness (QED) is 0.627. The number of sulfonamides is 1. The lowest BCUT2D eigenvalue weighted by molar-refractivity contribution is 0.409. The molecule has 0 saturated carbocycles. The molecule has 6 heteroatoms. The smallest absolute Gasteiger partial charge is 0.238 e. The number of ether oxygens (including phenoxy) is 1. The Morgan fingerprint density at radius 3 is 2.42 bits per heavy atom. The van der Waals surface area contributed by atoms with Crippen molar-refractivity contribution in [3.8, 4) is 5.75 Å². The standard InChI is InChI=1S/C20H22N2O3S/c1-25-20-11-8-16-4-2-3-5-18(16)19(20)14-22-13-12-15-6-9-17(10-7-15)26(21,23)24/h2-11,22H,12-14H2,1H3,(H2,21,23,24). The van der Waals surface area contributed by atoms with Crippen LogP contribution in [0.2, 0.25) is 0 Å². The van der Waals surface area contributed by atoms with E-state index in [1.54, 1.807) is 31.4 Å². The van der Waals surface area contributed by atoms with Gasteiger partial charge in [0.1, 0.15) is 5.75 Å². The molecule has 0 unspecified atom stereocenters. The lowest BCUT2D eigenvalue weighted by atomic mass is 10.0. The fourth-order valence-electron chi connectivity index (χ4n) is 2.98. The van der Waals surface area contributed by atoms with E-state index in [0.29, 0.717) is 6.54 Å². The maximum absolute atomic E-state index is 11.3. The first-order chi connectivity index (χ1) is 12.5. The minimum absolute atomic E-state index is 0.134. The molecule has 0 heterocycles. The van der Waals surface area contributed by atoms with E-state index in [4.69, 9.17) is 9.88 Å². The van der Waals surface area contributed by atoms with Crippen molar-refractivity contribution in [2.45, 2.75) is 17.9 Å². The summed E-state index contributed by atoms with van der Waals surface area (Å²) in [7, 11) is -1.96. The zero-order valence-corrected chi connectivity index (χ0v) is 15.4. The van der Waals surface area contributed by atoms with Crippen LogP contribution in [0.5, 0.6) is 5.75 Å². The van der Waals surface area contributed by atoms with Crippen molar-refractivity contribution in [3.05, 3.63) is 71.8 Å². The van der Waals surface area contributed by atoms with Crippen LogP contribution in [0.4, 0.5) is 0 Å². The number of hydrogen-bond donors (Lipinski definition) is 2. The van der Waals surface area contributed by atoms with Crippen LogP contribution in [0.15, 0.2) is 65.6 Å². The molecular weight excluding hydrogens is 348 g/mol. The molecule has 0 saturated heterocycles. The molecule has 5 nitrogen and oxygen atoms in total. The molecule has 3 N–H and O–H groups in total. The van der Waals surface area contributed by atoms with Gasteiger partial charge in [-0.05, 0) is 47.5 Å². The molecular formula is C20H22N2O3S. The van der Waals surface area contributed by atoms with Gasteiger partial charge in [-0.25, -0.2) is 13.6 Å². The first-order valence-electron chi connectivity index (χ1n) is 8.36. The van der Waals surface area contributed by atoms with Gasteiger partial charge < -0.3 is 10.1 Å². The average Bonchev–Trinajstić information content (AvgIpc) is 2.64. The molecule has 0 amide bonds. The van der Waals surface area contributed by atoms with Gasteiger partial charge in [0.2, 0.25) is 10.0 Å². The third-order valence-electron chi connectivity index (χ3n) is 4.36. The first kappa shape index (κ1) is 18.4. The summed E-state index contributed by atoms with van der Waals surface area (Å²) in [4.78, 5) is 0.134. The van der Waals surface area contributed by atoms with Gasteiger partial charge in [0.15, 0.2) is 0 Å². The summed E-state index contributed by atoms with van der Waals surface area (Å²) < 4.78 is 28.1. The molecule has 0 fully saturated rings. The van der Waals surface area contributed by atoms with Gasteiger partial charge in [0.25, 0.3) is 0 Å². The zero-order valence-electron chi connectivity index (χ0n) is 14.6. The minimum Gasteiger partial charge on any atom is -0.496 e. The second-order valence-corrected chi connectivity index (χ2v) is 7.64. The highest BCUT2D eigenvalue weighted by atomic mass is 32.2. The Kier molecular flexibility index (Phi) is 5.56. The maximum Gasteiger partial charge on any atom is 0.238 e. The molecule has 0 aromatic heterocycles. The Hall–Kier alpha value is -2.41. The molecule has 0 aliphatic rings. The topological polar surface area (TPSA) is 81.4 Å². The lowest BCUT2D eigenvalue weighted by Crippen LogP contribution is -2.17. The highest BCUT2D eigenvalue weighted by Crippen LogP contribution is 2.27. The summed E-state index contributed by atoms with van der Waals surface area (Å²) in [6, 6.07) is 19.0. The normalized spacial score (nSPS) is 11.6. The van der Waals surface area contributed by atoms with Gasteiger partial charge in [-0.3, -0.25) is 0 Å². The zero-order chi connectivity index (χ0) is 18.6. The Labute approximate surface area is 153 Å². The van der Waals surface area contributed by atoms with Gasteiger partial charge >= 0.3 is 0 Å².